The number of nitrogens with zero attached hydrogens (tertiary/aromatic N) is 1. The minimum Gasteiger partial charge on any atom is -0.496 e. The Labute approximate surface area is 106 Å². The molecule has 1 aromatic carbocycles. The lowest BCUT2D eigenvalue weighted by molar-refractivity contribution is 0.397. The SMILES string of the molecule is COc1cccc(OC)c1-c1ccc(N)c(C)n1. The van der Waals surface area contributed by atoms with Crippen molar-refractivity contribution >= 4 is 5.69 Å². The molecule has 2 aromatic rings. The molecular weight excluding hydrogens is 228 g/mol. The first-order valence-electron chi connectivity index (χ1n) is 5.62. The van der Waals surface area contributed by atoms with E-state index in [0.29, 0.717) is 5.69 Å². The number of hydrogen-bond acceptors (Lipinski definition) is 4. The number of pyridine rings is 1. The second-order valence-corrected chi connectivity index (χ2v) is 3.91. The van der Waals surface area contributed by atoms with Crippen LogP contribution in [0.1, 0.15) is 5.69 Å². The minimum absolute atomic E-state index is 0.674. The van der Waals surface area contributed by atoms with Gasteiger partial charge >= 0.3 is 0 Å². The molecule has 4 nitrogen and oxygen atoms in total. The zero-order valence-corrected chi connectivity index (χ0v) is 10.7. The van der Waals surface area contributed by atoms with Gasteiger partial charge in [-0.15, -0.1) is 0 Å². The van der Waals surface area contributed by atoms with E-state index in [2.05, 4.69) is 4.98 Å². The van der Waals surface area contributed by atoms with Crippen molar-refractivity contribution in [3.8, 4) is 22.8 Å². The van der Waals surface area contributed by atoms with E-state index in [1.54, 1.807) is 14.2 Å². The van der Waals surface area contributed by atoms with Crippen LogP contribution in [0.15, 0.2) is 30.3 Å². The van der Waals surface area contributed by atoms with Gasteiger partial charge < -0.3 is 15.2 Å². The maximum Gasteiger partial charge on any atom is 0.132 e. The van der Waals surface area contributed by atoms with E-state index in [-0.39, 0.29) is 0 Å². The molecule has 0 fully saturated rings. The predicted octanol–water partition coefficient (Wildman–Crippen LogP) is 2.66. The van der Waals surface area contributed by atoms with Crippen LogP contribution in [0.5, 0.6) is 11.5 Å². The molecule has 1 heterocycles. The number of methoxy groups -OCH3 is 2. The summed E-state index contributed by atoms with van der Waals surface area (Å²) in [6.45, 7) is 1.88. The maximum atomic E-state index is 5.78. The summed E-state index contributed by atoms with van der Waals surface area (Å²) >= 11 is 0. The topological polar surface area (TPSA) is 57.4 Å². The van der Waals surface area contributed by atoms with Gasteiger partial charge in [0, 0.05) is 0 Å². The fourth-order valence-electron chi connectivity index (χ4n) is 1.81. The second-order valence-electron chi connectivity index (χ2n) is 3.91. The summed E-state index contributed by atoms with van der Waals surface area (Å²) in [4.78, 5) is 4.48. The van der Waals surface area contributed by atoms with E-state index < -0.39 is 0 Å². The summed E-state index contributed by atoms with van der Waals surface area (Å²) < 4.78 is 10.7. The van der Waals surface area contributed by atoms with Crippen molar-refractivity contribution in [1.82, 2.24) is 4.98 Å². The highest BCUT2D eigenvalue weighted by atomic mass is 16.5. The first-order valence-corrected chi connectivity index (χ1v) is 5.62. The van der Waals surface area contributed by atoms with Gasteiger partial charge in [0.15, 0.2) is 0 Å². The third-order valence-electron chi connectivity index (χ3n) is 2.81. The van der Waals surface area contributed by atoms with Crippen LogP contribution in [0.4, 0.5) is 5.69 Å². The lowest BCUT2D eigenvalue weighted by Gasteiger charge is -2.13. The molecule has 18 heavy (non-hydrogen) atoms. The van der Waals surface area contributed by atoms with Gasteiger partial charge in [0.2, 0.25) is 0 Å². The summed E-state index contributed by atoms with van der Waals surface area (Å²) in [6, 6.07) is 9.34. The molecule has 0 saturated heterocycles. The third-order valence-corrected chi connectivity index (χ3v) is 2.81. The van der Waals surface area contributed by atoms with Crippen LogP contribution in [-0.4, -0.2) is 19.2 Å². The van der Waals surface area contributed by atoms with E-state index in [1.165, 1.54) is 0 Å². The van der Waals surface area contributed by atoms with Crippen molar-refractivity contribution in [3.63, 3.8) is 0 Å². The summed E-state index contributed by atoms with van der Waals surface area (Å²) in [7, 11) is 3.25. The van der Waals surface area contributed by atoms with E-state index in [9.17, 15) is 0 Å². The molecule has 0 aliphatic carbocycles. The van der Waals surface area contributed by atoms with E-state index in [4.69, 9.17) is 15.2 Å². The van der Waals surface area contributed by atoms with Gasteiger partial charge in [-0.05, 0) is 31.2 Å². The first kappa shape index (κ1) is 12.2. The van der Waals surface area contributed by atoms with E-state index in [0.717, 1.165) is 28.5 Å². The van der Waals surface area contributed by atoms with Crippen LogP contribution in [0.25, 0.3) is 11.3 Å². The zero-order valence-electron chi connectivity index (χ0n) is 10.7. The minimum atomic E-state index is 0.674. The quantitative estimate of drug-likeness (QED) is 0.901. The fourth-order valence-corrected chi connectivity index (χ4v) is 1.81. The standard InChI is InChI=1S/C14H16N2O2/c1-9-10(15)7-8-11(16-9)14-12(17-2)5-4-6-13(14)18-3/h4-8H,15H2,1-3H3. The molecule has 2 N–H and O–H groups in total. The third kappa shape index (κ3) is 2.09. The smallest absolute Gasteiger partial charge is 0.132 e. The number of aromatic nitrogens is 1. The Morgan fingerprint density at radius 2 is 1.61 bits per heavy atom. The van der Waals surface area contributed by atoms with Gasteiger partial charge in [0.05, 0.1) is 36.9 Å². The molecule has 94 valence electrons. The van der Waals surface area contributed by atoms with Crippen molar-refractivity contribution in [2.24, 2.45) is 0 Å². The van der Waals surface area contributed by atoms with Crippen LogP contribution in [-0.2, 0) is 0 Å². The number of nitrogens with two attached hydrogens (primary N) is 1. The average Bonchev–Trinajstić information content (AvgIpc) is 2.41. The van der Waals surface area contributed by atoms with Crippen molar-refractivity contribution in [1.29, 1.82) is 0 Å². The lowest BCUT2D eigenvalue weighted by Crippen LogP contribution is -1.98. The van der Waals surface area contributed by atoms with Crippen LogP contribution >= 0.6 is 0 Å². The number of anilines is 1. The highest BCUT2D eigenvalue weighted by Gasteiger charge is 2.13. The molecule has 0 bridgehead atoms. The van der Waals surface area contributed by atoms with Gasteiger partial charge in [-0.3, -0.25) is 4.98 Å². The first-order chi connectivity index (χ1) is 8.67. The van der Waals surface area contributed by atoms with Gasteiger partial charge in [-0.1, -0.05) is 6.07 Å². The normalized spacial score (nSPS) is 10.2. The molecule has 2 rings (SSSR count). The maximum absolute atomic E-state index is 5.78. The van der Waals surface area contributed by atoms with Gasteiger partial charge in [-0.2, -0.15) is 0 Å². The molecule has 0 aliphatic heterocycles. The average molecular weight is 244 g/mol. The Morgan fingerprint density at radius 1 is 1.00 bits per heavy atom. The molecule has 0 saturated carbocycles. The molecule has 0 unspecified atom stereocenters. The molecular formula is C14H16N2O2. The summed E-state index contributed by atoms with van der Waals surface area (Å²) in [5, 5.41) is 0. The second kappa shape index (κ2) is 4.96. The largest absolute Gasteiger partial charge is 0.496 e. The Morgan fingerprint density at radius 3 is 2.11 bits per heavy atom. The van der Waals surface area contributed by atoms with Crippen LogP contribution in [0.3, 0.4) is 0 Å². The fraction of sp³-hybridized carbons (Fsp3) is 0.214. The zero-order chi connectivity index (χ0) is 13.1. The van der Waals surface area contributed by atoms with Crippen LogP contribution < -0.4 is 15.2 Å². The Bertz CT molecular complexity index is 545. The number of ether oxygens (including phenoxy) is 2. The van der Waals surface area contributed by atoms with Crippen LogP contribution in [0.2, 0.25) is 0 Å². The number of nitrogen functional groups attached to an aromatic ring is 1. The monoisotopic (exact) mass is 244 g/mol. The van der Waals surface area contributed by atoms with Gasteiger partial charge in [-0.25, -0.2) is 0 Å². The lowest BCUT2D eigenvalue weighted by atomic mass is 10.1. The van der Waals surface area contributed by atoms with Gasteiger partial charge in [0.1, 0.15) is 11.5 Å². The highest BCUT2D eigenvalue weighted by Crippen LogP contribution is 2.37. The Hall–Kier alpha value is -2.23. The summed E-state index contributed by atoms with van der Waals surface area (Å²) in [6.07, 6.45) is 0. The van der Waals surface area contributed by atoms with E-state index >= 15 is 0 Å². The van der Waals surface area contributed by atoms with E-state index in [1.807, 2.05) is 37.3 Å². The number of benzene rings is 1. The number of hydrogen-bond donors (Lipinski definition) is 1. The van der Waals surface area contributed by atoms with Crippen molar-refractivity contribution in [2.45, 2.75) is 6.92 Å². The predicted molar refractivity (Wildman–Crippen MR) is 71.9 cm³/mol. The molecule has 4 heteroatoms. The molecule has 0 amide bonds. The summed E-state index contributed by atoms with van der Waals surface area (Å²) in [5.74, 6) is 1.46. The molecule has 0 spiro atoms. The number of aryl methyl sites for hydroxylation is 1. The van der Waals surface area contributed by atoms with Crippen molar-refractivity contribution in [3.05, 3.63) is 36.0 Å². The highest BCUT2D eigenvalue weighted by molar-refractivity contribution is 5.75. The number of rotatable bonds is 3. The van der Waals surface area contributed by atoms with Crippen molar-refractivity contribution in [2.75, 3.05) is 20.0 Å². The van der Waals surface area contributed by atoms with Crippen molar-refractivity contribution < 1.29 is 9.47 Å². The molecule has 0 aliphatic rings. The van der Waals surface area contributed by atoms with Gasteiger partial charge in [0.25, 0.3) is 0 Å². The summed E-state index contributed by atoms with van der Waals surface area (Å²) in [5.41, 5.74) is 8.88. The molecule has 0 atom stereocenters. The molecule has 1 aromatic heterocycles. The molecule has 0 radical (unpaired) electrons. The Balaban J connectivity index is 2.64. The Kier molecular flexibility index (Phi) is 3.37. The van der Waals surface area contributed by atoms with Crippen LogP contribution in [0, 0.1) is 6.92 Å².